The van der Waals surface area contributed by atoms with Crippen molar-refractivity contribution in [2.45, 2.75) is 19.4 Å². The lowest BCUT2D eigenvalue weighted by Crippen LogP contribution is -2.58. The van der Waals surface area contributed by atoms with E-state index < -0.39 is 23.3 Å². The van der Waals surface area contributed by atoms with Gasteiger partial charge in [0, 0.05) is 19.6 Å². The Hall–Kier alpha value is -1.83. The minimum absolute atomic E-state index is 0.0884. The van der Waals surface area contributed by atoms with Gasteiger partial charge >= 0.3 is 12.0 Å². The molecule has 0 aromatic heterocycles. The summed E-state index contributed by atoms with van der Waals surface area (Å²) in [6.07, 6.45) is 0.402. The molecule has 3 amide bonds. The molecule has 0 spiro atoms. The first-order chi connectivity index (χ1) is 9.35. The summed E-state index contributed by atoms with van der Waals surface area (Å²) in [5.41, 5.74) is 4.34. The minimum atomic E-state index is -0.926. The number of amides is 3. The molecule has 2 fully saturated rings. The molecular formula is C12H19N3O5. The number of urea groups is 1. The number of nitrogens with two attached hydrogens (primary N) is 1. The third kappa shape index (κ3) is 2.55. The number of hydrogen-bond acceptors (Lipinski definition) is 4. The summed E-state index contributed by atoms with van der Waals surface area (Å²) in [5.74, 6) is -1.53. The van der Waals surface area contributed by atoms with Crippen LogP contribution < -0.4 is 5.73 Å². The second kappa shape index (κ2) is 5.28. The van der Waals surface area contributed by atoms with Crippen LogP contribution >= 0.6 is 0 Å². The lowest BCUT2D eigenvalue weighted by atomic mass is 9.90. The van der Waals surface area contributed by atoms with Crippen molar-refractivity contribution in [1.29, 1.82) is 0 Å². The van der Waals surface area contributed by atoms with Gasteiger partial charge in [-0.15, -0.1) is 0 Å². The van der Waals surface area contributed by atoms with Crippen LogP contribution in [-0.2, 0) is 14.3 Å². The van der Waals surface area contributed by atoms with Crippen molar-refractivity contribution in [1.82, 2.24) is 9.80 Å². The van der Waals surface area contributed by atoms with E-state index in [2.05, 4.69) is 0 Å². The molecule has 0 radical (unpaired) electrons. The molecule has 2 saturated heterocycles. The summed E-state index contributed by atoms with van der Waals surface area (Å²) >= 11 is 0. The Bertz CT molecular complexity index is 441. The average Bonchev–Trinajstić information content (AvgIpc) is 2.82. The third-order valence-corrected chi connectivity index (χ3v) is 3.96. The summed E-state index contributed by atoms with van der Waals surface area (Å²) in [6, 6.07) is -1.13. The Kier molecular flexibility index (Phi) is 3.85. The molecule has 0 aromatic carbocycles. The van der Waals surface area contributed by atoms with E-state index in [1.165, 1.54) is 9.80 Å². The van der Waals surface area contributed by atoms with E-state index in [0.717, 1.165) is 0 Å². The zero-order valence-corrected chi connectivity index (χ0v) is 11.4. The van der Waals surface area contributed by atoms with Crippen LogP contribution in [0.4, 0.5) is 4.79 Å². The highest BCUT2D eigenvalue weighted by Gasteiger charge is 2.44. The van der Waals surface area contributed by atoms with Crippen LogP contribution in [0.1, 0.15) is 13.3 Å². The number of carboxylic acid groups (broad SMARTS) is 1. The van der Waals surface area contributed by atoms with Crippen LogP contribution in [0.25, 0.3) is 0 Å². The number of likely N-dealkylation sites (tertiary alicyclic amines) is 1. The van der Waals surface area contributed by atoms with Crippen LogP contribution in [-0.4, -0.2) is 71.7 Å². The smallest absolute Gasteiger partial charge is 0.320 e. The molecule has 2 heterocycles. The van der Waals surface area contributed by atoms with Gasteiger partial charge in [-0.2, -0.15) is 0 Å². The molecule has 20 heavy (non-hydrogen) atoms. The topological polar surface area (TPSA) is 113 Å². The fourth-order valence-corrected chi connectivity index (χ4v) is 2.55. The van der Waals surface area contributed by atoms with Crippen molar-refractivity contribution in [2.24, 2.45) is 11.1 Å². The fraction of sp³-hybridized carbons (Fsp3) is 0.750. The number of carbonyl (C=O) groups excluding carboxylic acids is 2. The van der Waals surface area contributed by atoms with Gasteiger partial charge in [-0.05, 0) is 13.3 Å². The molecule has 2 rings (SSSR count). The molecule has 0 saturated carbocycles. The quantitative estimate of drug-likeness (QED) is 0.682. The van der Waals surface area contributed by atoms with E-state index in [4.69, 9.17) is 10.5 Å². The lowest BCUT2D eigenvalue weighted by Gasteiger charge is -2.36. The van der Waals surface area contributed by atoms with Crippen LogP contribution in [0, 0.1) is 5.41 Å². The van der Waals surface area contributed by atoms with Crippen molar-refractivity contribution >= 4 is 17.9 Å². The normalized spacial score (nSPS) is 30.4. The highest BCUT2D eigenvalue weighted by Crippen LogP contribution is 2.31. The van der Waals surface area contributed by atoms with Crippen molar-refractivity contribution in [2.75, 3.05) is 32.8 Å². The van der Waals surface area contributed by atoms with Crippen LogP contribution in [0.5, 0.6) is 0 Å². The molecular weight excluding hydrogens is 266 g/mol. The Morgan fingerprint density at radius 2 is 2.05 bits per heavy atom. The first-order valence-electron chi connectivity index (χ1n) is 6.51. The largest absolute Gasteiger partial charge is 0.481 e. The van der Waals surface area contributed by atoms with E-state index in [9.17, 15) is 19.5 Å². The van der Waals surface area contributed by atoms with Gasteiger partial charge in [0.2, 0.25) is 5.91 Å². The van der Waals surface area contributed by atoms with Crippen molar-refractivity contribution < 1.29 is 24.2 Å². The molecule has 3 N–H and O–H groups in total. The standard InChI is InChI=1S/C12H19N3O5/c1-12(10(17)18)2-3-14(7-12)11(19)15-4-5-20-6-8(15)9(13)16/h8H,2-7H2,1H3,(H2,13,16)(H,17,18). The van der Waals surface area contributed by atoms with Gasteiger partial charge in [0.1, 0.15) is 6.04 Å². The van der Waals surface area contributed by atoms with Gasteiger partial charge in [-0.25, -0.2) is 4.79 Å². The molecule has 2 aliphatic rings. The molecule has 112 valence electrons. The summed E-state index contributed by atoms with van der Waals surface area (Å²) in [5, 5.41) is 9.18. The average molecular weight is 285 g/mol. The second-order valence-corrected chi connectivity index (χ2v) is 5.51. The zero-order chi connectivity index (χ0) is 14.9. The van der Waals surface area contributed by atoms with E-state index in [1.54, 1.807) is 6.92 Å². The van der Waals surface area contributed by atoms with Gasteiger partial charge in [-0.3, -0.25) is 9.59 Å². The highest BCUT2D eigenvalue weighted by molar-refractivity contribution is 5.87. The van der Waals surface area contributed by atoms with Crippen LogP contribution in [0.3, 0.4) is 0 Å². The van der Waals surface area contributed by atoms with Crippen molar-refractivity contribution in [3.05, 3.63) is 0 Å². The summed E-state index contributed by atoms with van der Waals surface area (Å²) in [7, 11) is 0. The molecule has 8 nitrogen and oxygen atoms in total. The molecule has 0 aromatic rings. The summed E-state index contributed by atoms with van der Waals surface area (Å²) < 4.78 is 5.16. The predicted octanol–water partition coefficient (Wildman–Crippen LogP) is -0.911. The number of carboxylic acids is 1. The van der Waals surface area contributed by atoms with E-state index in [-0.39, 0.29) is 25.7 Å². The Morgan fingerprint density at radius 3 is 2.60 bits per heavy atom. The summed E-state index contributed by atoms with van der Waals surface area (Å²) in [6.45, 7) is 2.85. The summed E-state index contributed by atoms with van der Waals surface area (Å²) in [4.78, 5) is 37.8. The number of primary amides is 1. The molecule has 0 bridgehead atoms. The van der Waals surface area contributed by atoms with E-state index >= 15 is 0 Å². The molecule has 2 unspecified atom stereocenters. The molecule has 0 aliphatic carbocycles. The zero-order valence-electron chi connectivity index (χ0n) is 11.4. The number of carbonyl (C=O) groups is 3. The Labute approximate surface area is 116 Å². The van der Waals surface area contributed by atoms with Crippen molar-refractivity contribution in [3.8, 4) is 0 Å². The first-order valence-corrected chi connectivity index (χ1v) is 6.51. The van der Waals surface area contributed by atoms with Gasteiger partial charge in [0.25, 0.3) is 0 Å². The maximum absolute atomic E-state index is 12.4. The van der Waals surface area contributed by atoms with Crippen molar-refractivity contribution in [3.63, 3.8) is 0 Å². The highest BCUT2D eigenvalue weighted by atomic mass is 16.5. The number of aliphatic carboxylic acids is 1. The maximum Gasteiger partial charge on any atom is 0.320 e. The minimum Gasteiger partial charge on any atom is -0.481 e. The fourth-order valence-electron chi connectivity index (χ4n) is 2.55. The number of rotatable bonds is 2. The monoisotopic (exact) mass is 285 g/mol. The number of morpholine rings is 1. The molecule has 8 heteroatoms. The third-order valence-electron chi connectivity index (χ3n) is 3.96. The molecule has 2 atom stereocenters. The Morgan fingerprint density at radius 1 is 1.35 bits per heavy atom. The van der Waals surface area contributed by atoms with E-state index in [1.807, 2.05) is 0 Å². The number of nitrogens with zero attached hydrogens (tertiary/aromatic N) is 2. The van der Waals surface area contributed by atoms with Crippen LogP contribution in [0.2, 0.25) is 0 Å². The first kappa shape index (κ1) is 14.6. The predicted molar refractivity (Wildman–Crippen MR) is 67.8 cm³/mol. The SMILES string of the molecule is CC1(C(=O)O)CCN(C(=O)N2CCOCC2C(N)=O)C1. The second-order valence-electron chi connectivity index (χ2n) is 5.51. The van der Waals surface area contributed by atoms with Gasteiger partial charge in [-0.1, -0.05) is 0 Å². The maximum atomic E-state index is 12.4. The lowest BCUT2D eigenvalue weighted by molar-refractivity contribution is -0.147. The van der Waals surface area contributed by atoms with Gasteiger partial charge < -0.3 is 25.4 Å². The van der Waals surface area contributed by atoms with Gasteiger partial charge in [0.05, 0.1) is 18.6 Å². The Balaban J connectivity index is 2.08. The van der Waals surface area contributed by atoms with E-state index in [0.29, 0.717) is 19.6 Å². The molecule has 2 aliphatic heterocycles. The number of hydrogen-bond donors (Lipinski definition) is 2. The van der Waals surface area contributed by atoms with Crippen LogP contribution in [0.15, 0.2) is 0 Å². The number of ether oxygens (including phenoxy) is 1. The van der Waals surface area contributed by atoms with Gasteiger partial charge in [0.15, 0.2) is 0 Å².